The quantitative estimate of drug-likeness (QED) is 0.871. The Morgan fingerprint density at radius 2 is 1.84 bits per heavy atom. The van der Waals surface area contributed by atoms with Crippen LogP contribution in [0.2, 0.25) is 0 Å². The van der Waals surface area contributed by atoms with Gasteiger partial charge in [0.05, 0.1) is 28.1 Å². The van der Waals surface area contributed by atoms with Gasteiger partial charge in [0.2, 0.25) is 0 Å². The molecule has 0 atom stereocenters. The molecule has 19 heavy (non-hydrogen) atoms. The van der Waals surface area contributed by atoms with Crippen molar-refractivity contribution in [1.29, 1.82) is 0 Å². The van der Waals surface area contributed by atoms with Crippen LogP contribution >= 0.6 is 15.9 Å². The van der Waals surface area contributed by atoms with Crippen LogP contribution in [-0.4, -0.2) is 9.78 Å². The van der Waals surface area contributed by atoms with Crippen LogP contribution in [0.25, 0.3) is 0 Å². The van der Waals surface area contributed by atoms with Gasteiger partial charge in [-0.3, -0.25) is 4.68 Å². The van der Waals surface area contributed by atoms with Crippen molar-refractivity contribution in [2.75, 3.05) is 5.32 Å². The first-order valence-corrected chi connectivity index (χ1v) is 6.26. The van der Waals surface area contributed by atoms with Crippen LogP contribution in [-0.2, 0) is 13.6 Å². The van der Waals surface area contributed by atoms with E-state index in [-0.39, 0.29) is 12.2 Å². The summed E-state index contributed by atoms with van der Waals surface area (Å²) in [6.07, 6.45) is 0. The minimum atomic E-state index is -1.21. The molecule has 1 N–H and O–H groups in total. The minimum absolute atomic E-state index is 0.0929. The number of anilines is 1. The number of aryl methyl sites for hydroxylation is 2. The van der Waals surface area contributed by atoms with E-state index in [0.29, 0.717) is 6.07 Å². The van der Waals surface area contributed by atoms with Gasteiger partial charge in [-0.2, -0.15) is 5.10 Å². The van der Waals surface area contributed by atoms with Crippen LogP contribution in [0, 0.1) is 24.4 Å². The molecule has 0 aliphatic carbocycles. The van der Waals surface area contributed by atoms with Crippen LogP contribution in [0.5, 0.6) is 0 Å². The Hall–Kier alpha value is -1.50. The Morgan fingerprint density at radius 3 is 2.42 bits per heavy atom. The van der Waals surface area contributed by atoms with E-state index in [2.05, 4.69) is 26.3 Å². The molecule has 3 nitrogen and oxygen atoms in total. The lowest BCUT2D eigenvalue weighted by Crippen LogP contribution is -2.07. The van der Waals surface area contributed by atoms with Crippen molar-refractivity contribution in [2.24, 2.45) is 7.05 Å². The minimum Gasteiger partial charge on any atom is -0.377 e. The van der Waals surface area contributed by atoms with Crippen LogP contribution < -0.4 is 5.32 Å². The number of aromatic nitrogens is 2. The predicted octanol–water partition coefficient (Wildman–Crippen LogP) is 3.52. The number of rotatable bonds is 3. The molecule has 1 aromatic heterocycles. The molecule has 0 unspecified atom stereocenters. The number of nitrogens with one attached hydrogen (secondary N) is 1. The average Bonchev–Trinajstić information content (AvgIpc) is 2.57. The van der Waals surface area contributed by atoms with E-state index >= 15 is 0 Å². The summed E-state index contributed by atoms with van der Waals surface area (Å²) in [4.78, 5) is 0. The molecule has 2 aromatic rings. The summed E-state index contributed by atoms with van der Waals surface area (Å²) in [5.74, 6) is -3.14. The highest BCUT2D eigenvalue weighted by molar-refractivity contribution is 9.10. The fourth-order valence-corrected chi connectivity index (χ4v) is 2.19. The summed E-state index contributed by atoms with van der Waals surface area (Å²) in [5, 5.41) is 6.90. The molecular formula is C12H11BrF3N3. The van der Waals surface area contributed by atoms with Crippen molar-refractivity contribution in [1.82, 2.24) is 9.78 Å². The van der Waals surface area contributed by atoms with Gasteiger partial charge in [0.1, 0.15) is 5.82 Å². The maximum atomic E-state index is 13.4. The summed E-state index contributed by atoms with van der Waals surface area (Å²) in [6.45, 7) is 2.06. The first-order valence-electron chi connectivity index (χ1n) is 5.46. The second-order valence-corrected chi connectivity index (χ2v) is 4.86. The average molecular weight is 334 g/mol. The summed E-state index contributed by atoms with van der Waals surface area (Å²) in [5.41, 5.74) is 1.48. The molecule has 0 amide bonds. The first kappa shape index (κ1) is 13.9. The zero-order valence-corrected chi connectivity index (χ0v) is 11.9. The monoisotopic (exact) mass is 333 g/mol. The highest BCUT2D eigenvalue weighted by Gasteiger charge is 2.13. The van der Waals surface area contributed by atoms with E-state index in [1.807, 2.05) is 6.92 Å². The summed E-state index contributed by atoms with van der Waals surface area (Å²) in [6, 6.07) is 1.31. The Kier molecular flexibility index (Phi) is 3.84. The highest BCUT2D eigenvalue weighted by atomic mass is 79.9. The lowest BCUT2D eigenvalue weighted by molar-refractivity contribution is 0.496. The highest BCUT2D eigenvalue weighted by Crippen LogP contribution is 2.23. The van der Waals surface area contributed by atoms with Crippen molar-refractivity contribution >= 4 is 21.6 Å². The zero-order valence-electron chi connectivity index (χ0n) is 10.3. The number of hydrogen-bond acceptors (Lipinski definition) is 2. The first-order chi connectivity index (χ1) is 8.90. The topological polar surface area (TPSA) is 29.9 Å². The van der Waals surface area contributed by atoms with Gasteiger partial charge in [0.15, 0.2) is 11.6 Å². The lowest BCUT2D eigenvalue weighted by atomic mass is 10.2. The van der Waals surface area contributed by atoms with Crippen LogP contribution in [0.1, 0.15) is 11.4 Å². The standard InChI is InChI=1S/C12H11BrF3N3/c1-6-12(13)11(19(2)18-6)5-17-10-4-8(15)7(14)3-9(10)16/h3-4,17H,5H2,1-2H3. The number of hydrogen-bond donors (Lipinski definition) is 1. The van der Waals surface area contributed by atoms with Gasteiger partial charge in [-0.15, -0.1) is 0 Å². The van der Waals surface area contributed by atoms with Crippen molar-refractivity contribution in [3.8, 4) is 0 Å². The van der Waals surface area contributed by atoms with E-state index in [1.54, 1.807) is 11.7 Å². The molecule has 0 spiro atoms. The molecule has 1 heterocycles. The molecule has 0 bridgehead atoms. The van der Waals surface area contributed by atoms with Gasteiger partial charge in [-0.1, -0.05) is 0 Å². The van der Waals surface area contributed by atoms with E-state index in [9.17, 15) is 13.2 Å². The van der Waals surface area contributed by atoms with E-state index in [0.717, 1.165) is 21.9 Å². The van der Waals surface area contributed by atoms with Gasteiger partial charge >= 0.3 is 0 Å². The SMILES string of the molecule is Cc1nn(C)c(CNc2cc(F)c(F)cc2F)c1Br. The maximum absolute atomic E-state index is 13.4. The van der Waals surface area contributed by atoms with E-state index in [1.165, 1.54) is 0 Å². The molecule has 2 rings (SSSR count). The molecule has 102 valence electrons. The third-order valence-electron chi connectivity index (χ3n) is 2.72. The molecule has 0 radical (unpaired) electrons. The third kappa shape index (κ3) is 2.75. The van der Waals surface area contributed by atoms with Gasteiger partial charge in [-0.25, -0.2) is 13.2 Å². The Morgan fingerprint density at radius 1 is 1.21 bits per heavy atom. The van der Waals surface area contributed by atoms with Crippen molar-refractivity contribution in [2.45, 2.75) is 13.5 Å². The summed E-state index contributed by atoms with van der Waals surface area (Å²) >= 11 is 3.37. The van der Waals surface area contributed by atoms with Gasteiger partial charge in [-0.05, 0) is 22.9 Å². The molecule has 0 aliphatic heterocycles. The van der Waals surface area contributed by atoms with Crippen molar-refractivity contribution in [3.63, 3.8) is 0 Å². The molecule has 0 fully saturated rings. The maximum Gasteiger partial charge on any atom is 0.161 e. The Balaban J connectivity index is 2.21. The van der Waals surface area contributed by atoms with Gasteiger partial charge in [0, 0.05) is 19.2 Å². The van der Waals surface area contributed by atoms with Crippen LogP contribution in [0.15, 0.2) is 16.6 Å². The molecular weight excluding hydrogens is 323 g/mol. The second-order valence-electron chi connectivity index (χ2n) is 4.07. The number of nitrogens with zero attached hydrogens (tertiary/aromatic N) is 2. The van der Waals surface area contributed by atoms with Crippen molar-refractivity contribution in [3.05, 3.63) is 45.4 Å². The summed E-state index contributed by atoms with van der Waals surface area (Å²) in [7, 11) is 1.75. The molecule has 1 aromatic carbocycles. The predicted molar refractivity (Wildman–Crippen MR) is 69.3 cm³/mol. The largest absolute Gasteiger partial charge is 0.377 e. The second kappa shape index (κ2) is 5.24. The molecule has 0 saturated carbocycles. The third-order valence-corrected chi connectivity index (χ3v) is 3.75. The lowest BCUT2D eigenvalue weighted by Gasteiger charge is -2.09. The van der Waals surface area contributed by atoms with Crippen molar-refractivity contribution < 1.29 is 13.2 Å². The van der Waals surface area contributed by atoms with E-state index < -0.39 is 17.5 Å². The Labute approximate surface area is 116 Å². The van der Waals surface area contributed by atoms with Gasteiger partial charge < -0.3 is 5.32 Å². The summed E-state index contributed by atoms with van der Waals surface area (Å²) < 4.78 is 41.7. The number of benzene rings is 1. The normalized spacial score (nSPS) is 10.8. The smallest absolute Gasteiger partial charge is 0.161 e. The Bertz CT molecular complexity index is 625. The fraction of sp³-hybridized carbons (Fsp3) is 0.250. The molecule has 0 aliphatic rings. The number of halogens is 4. The van der Waals surface area contributed by atoms with Gasteiger partial charge in [0.25, 0.3) is 0 Å². The van der Waals surface area contributed by atoms with Crippen LogP contribution in [0.4, 0.5) is 18.9 Å². The molecule has 7 heteroatoms. The fourth-order valence-electron chi connectivity index (χ4n) is 1.71. The van der Waals surface area contributed by atoms with E-state index in [4.69, 9.17) is 0 Å². The zero-order chi connectivity index (χ0) is 14.2. The van der Waals surface area contributed by atoms with Crippen LogP contribution in [0.3, 0.4) is 0 Å². The molecule has 0 saturated heterocycles.